The minimum atomic E-state index is -4.64. The molecular weight excluding hydrogens is 1060 g/mol. The predicted molar refractivity (Wildman–Crippen MR) is 360 cm³/mol. The molecule has 0 saturated heterocycles. The van der Waals surface area contributed by atoms with Crippen LogP contribution in [0.4, 0.5) is 0 Å². The van der Waals surface area contributed by atoms with Crippen LogP contribution in [0.2, 0.25) is 0 Å². The molecule has 10 heteroatoms. The molecule has 490 valence electrons. The average Bonchev–Trinajstić information content (AvgIpc) is 3.61. The molecule has 0 heterocycles. The van der Waals surface area contributed by atoms with Gasteiger partial charge in [0.05, 0.1) is 27.7 Å². The Morgan fingerprint density at radius 2 is 0.679 bits per heavy atom. The maximum atomic E-state index is 12.9. The van der Waals surface area contributed by atoms with E-state index in [1.807, 2.05) is 21.1 Å². The van der Waals surface area contributed by atoms with Crippen molar-refractivity contribution in [1.29, 1.82) is 0 Å². The Kier molecular flexibility index (Phi) is 62.9. The molecule has 0 fully saturated rings. The van der Waals surface area contributed by atoms with E-state index < -0.39 is 26.5 Å². The summed E-state index contributed by atoms with van der Waals surface area (Å²) in [6.07, 6.45) is 87.0. The number of esters is 2. The first-order valence-corrected chi connectivity index (χ1v) is 37.1. The van der Waals surface area contributed by atoms with Gasteiger partial charge < -0.3 is 27.9 Å². The van der Waals surface area contributed by atoms with Crippen LogP contribution in [0.3, 0.4) is 0 Å². The van der Waals surface area contributed by atoms with Crippen molar-refractivity contribution >= 4 is 19.8 Å². The Balaban J connectivity index is 3.99. The lowest BCUT2D eigenvalue weighted by Gasteiger charge is -2.28. The van der Waals surface area contributed by atoms with Crippen LogP contribution in [0.1, 0.15) is 335 Å². The number of hydrogen-bond donors (Lipinski definition) is 0. The van der Waals surface area contributed by atoms with Gasteiger partial charge in [-0.05, 0) is 83.5 Å². The fourth-order valence-electron chi connectivity index (χ4n) is 10.3. The molecule has 0 aromatic rings. The van der Waals surface area contributed by atoms with Crippen molar-refractivity contribution < 1.29 is 42.1 Å². The second-order valence-corrected chi connectivity index (χ2v) is 26.6. The van der Waals surface area contributed by atoms with E-state index >= 15 is 0 Å². The summed E-state index contributed by atoms with van der Waals surface area (Å²) in [6.45, 7) is 4.16. The number of phosphoric acid groups is 1. The molecule has 2 atom stereocenters. The van der Waals surface area contributed by atoms with E-state index in [1.165, 1.54) is 231 Å². The van der Waals surface area contributed by atoms with Gasteiger partial charge in [-0.25, -0.2) is 0 Å². The quantitative estimate of drug-likeness (QED) is 0.0195. The Morgan fingerprint density at radius 1 is 0.381 bits per heavy atom. The molecule has 2 unspecified atom stereocenters. The molecule has 0 saturated carbocycles. The molecule has 0 aromatic carbocycles. The van der Waals surface area contributed by atoms with Crippen molar-refractivity contribution in [2.24, 2.45) is 0 Å². The summed E-state index contributed by atoms with van der Waals surface area (Å²) in [5.41, 5.74) is 0. The minimum Gasteiger partial charge on any atom is -0.756 e. The second kappa shape index (κ2) is 64.9. The van der Waals surface area contributed by atoms with E-state index in [0.717, 1.165) is 70.6 Å². The van der Waals surface area contributed by atoms with Gasteiger partial charge in [-0.2, -0.15) is 0 Å². The fourth-order valence-corrected chi connectivity index (χ4v) is 11.0. The van der Waals surface area contributed by atoms with Crippen LogP contribution >= 0.6 is 7.82 Å². The zero-order chi connectivity index (χ0) is 61.2. The topological polar surface area (TPSA) is 111 Å². The summed E-state index contributed by atoms with van der Waals surface area (Å²) in [6, 6.07) is 0. The van der Waals surface area contributed by atoms with Gasteiger partial charge in [0, 0.05) is 12.8 Å². The van der Waals surface area contributed by atoms with E-state index in [1.54, 1.807) is 0 Å². The molecule has 0 spiro atoms. The Labute approximate surface area is 520 Å². The molecule has 0 aliphatic carbocycles. The number of phosphoric ester groups is 1. The largest absolute Gasteiger partial charge is 0.756 e. The number of likely N-dealkylation sites (N-methyl/N-ethyl adjacent to an activating group) is 1. The van der Waals surface area contributed by atoms with Crippen LogP contribution in [0, 0.1) is 0 Å². The normalized spacial score (nSPS) is 13.5. The van der Waals surface area contributed by atoms with Crippen LogP contribution in [0.15, 0.2) is 72.9 Å². The van der Waals surface area contributed by atoms with Crippen LogP contribution in [0.5, 0.6) is 0 Å². The van der Waals surface area contributed by atoms with Gasteiger partial charge in [0.1, 0.15) is 19.8 Å². The second-order valence-electron chi connectivity index (χ2n) is 25.2. The van der Waals surface area contributed by atoms with E-state index in [4.69, 9.17) is 18.5 Å². The van der Waals surface area contributed by atoms with Crippen molar-refractivity contribution in [3.63, 3.8) is 0 Å². The van der Waals surface area contributed by atoms with E-state index in [0.29, 0.717) is 17.4 Å². The van der Waals surface area contributed by atoms with Crippen LogP contribution in [-0.2, 0) is 32.7 Å². The number of hydrogen-bond acceptors (Lipinski definition) is 8. The Hall–Kier alpha value is -2.55. The smallest absolute Gasteiger partial charge is 0.306 e. The zero-order valence-electron chi connectivity index (χ0n) is 55.8. The van der Waals surface area contributed by atoms with Gasteiger partial charge in [-0.3, -0.25) is 14.2 Å². The lowest BCUT2D eigenvalue weighted by molar-refractivity contribution is -0.870. The lowest BCUT2D eigenvalue weighted by atomic mass is 10.0. The number of nitrogens with zero attached hydrogens (tertiary/aromatic N) is 1. The van der Waals surface area contributed by atoms with Crippen LogP contribution in [0.25, 0.3) is 0 Å². The summed E-state index contributed by atoms with van der Waals surface area (Å²) in [4.78, 5) is 38.1. The van der Waals surface area contributed by atoms with Gasteiger partial charge in [-0.15, -0.1) is 0 Å². The monoisotopic (exact) mass is 1200 g/mol. The molecule has 0 aliphatic heterocycles. The third-order valence-corrected chi connectivity index (χ3v) is 16.7. The Bertz CT molecular complexity index is 1650. The number of quaternary nitrogens is 1. The highest BCUT2D eigenvalue weighted by atomic mass is 31.2. The van der Waals surface area contributed by atoms with Crippen molar-refractivity contribution in [2.75, 3.05) is 47.5 Å². The van der Waals surface area contributed by atoms with Crippen LogP contribution in [-0.4, -0.2) is 70.0 Å². The van der Waals surface area contributed by atoms with Gasteiger partial charge in [-0.1, -0.05) is 311 Å². The number of allylic oxidation sites excluding steroid dienone is 12. The first kappa shape index (κ1) is 81.5. The third-order valence-electron chi connectivity index (χ3n) is 15.7. The number of rotatable bonds is 66. The van der Waals surface area contributed by atoms with E-state index in [-0.39, 0.29) is 32.0 Å². The van der Waals surface area contributed by atoms with Gasteiger partial charge in [0.2, 0.25) is 0 Å². The molecule has 0 aliphatic rings. The molecule has 0 amide bonds. The van der Waals surface area contributed by atoms with Crippen molar-refractivity contribution in [3.8, 4) is 0 Å². The summed E-state index contributed by atoms with van der Waals surface area (Å²) in [7, 11) is 1.18. The number of ether oxygens (including phenoxy) is 2. The fraction of sp³-hybridized carbons (Fsp3) is 0.811. The molecule has 0 bridgehead atoms. The number of carbonyl (C=O) groups is 2. The molecule has 0 N–H and O–H groups in total. The first-order valence-electron chi connectivity index (χ1n) is 35.6. The first-order chi connectivity index (χ1) is 41.0. The summed E-state index contributed by atoms with van der Waals surface area (Å²) in [5, 5.41) is 0. The summed E-state index contributed by atoms with van der Waals surface area (Å²) in [5.74, 6) is -0.820. The third kappa shape index (κ3) is 68.6. The highest BCUT2D eigenvalue weighted by Crippen LogP contribution is 2.38. The maximum absolute atomic E-state index is 12.9. The van der Waals surface area contributed by atoms with Crippen molar-refractivity contribution in [2.45, 2.75) is 341 Å². The Morgan fingerprint density at radius 3 is 1.01 bits per heavy atom. The minimum absolute atomic E-state index is 0.0310. The van der Waals surface area contributed by atoms with Gasteiger partial charge >= 0.3 is 11.9 Å². The molecule has 9 nitrogen and oxygen atoms in total. The molecular formula is C74H136NO8P. The highest BCUT2D eigenvalue weighted by Gasteiger charge is 2.22. The summed E-state index contributed by atoms with van der Waals surface area (Å²) >= 11 is 0. The zero-order valence-corrected chi connectivity index (χ0v) is 56.7. The molecule has 0 rings (SSSR count). The van der Waals surface area contributed by atoms with E-state index in [9.17, 15) is 19.0 Å². The van der Waals surface area contributed by atoms with Crippen molar-refractivity contribution in [1.82, 2.24) is 0 Å². The SMILES string of the molecule is CC/C=C\C/C=C\C/C=C\C/C=C\CCCCCCCCCCCCCCCCC(=O)OC(COC(=O)CCCCCCCCCCCCCCCCCCCCCCC/C=C\C/C=C\CCCCCCC)COP(=O)([O-])OCC[N+](C)(C)C. The van der Waals surface area contributed by atoms with E-state index in [2.05, 4.69) is 86.8 Å². The lowest BCUT2D eigenvalue weighted by Crippen LogP contribution is -2.37. The number of unbranched alkanes of at least 4 members (excludes halogenated alkanes) is 40. The average molecular weight is 1200 g/mol. The highest BCUT2D eigenvalue weighted by molar-refractivity contribution is 7.45. The molecule has 0 aromatic heterocycles. The van der Waals surface area contributed by atoms with Crippen molar-refractivity contribution in [3.05, 3.63) is 72.9 Å². The predicted octanol–water partition coefficient (Wildman–Crippen LogP) is 22.5. The standard InChI is InChI=1S/C74H136NO8P/c1-6-8-10-12-14-16-18-20-22-24-26-28-30-32-34-35-36-37-38-39-41-42-44-46-48-50-52-54-56-58-60-62-64-66-73(76)80-70-72(71-82-84(78,79)81-69-68-75(3,4)5)83-74(77)67-65-63-61-59-57-55-53-51-49-47-45-43-40-33-31-29-27-25-23-21-19-17-15-13-11-9-7-2/h9,11,15,17-18,20-21,23-24,26-27,29,72H,6-8,10,12-14,16,19,22,25,28,30-71H2,1-5H3/b11-9-,17-15-,20-18-,23-21-,26-24-,29-27-. The maximum Gasteiger partial charge on any atom is 0.306 e. The van der Waals surface area contributed by atoms with Gasteiger partial charge in [0.25, 0.3) is 7.82 Å². The van der Waals surface area contributed by atoms with Crippen LogP contribution < -0.4 is 4.89 Å². The van der Waals surface area contributed by atoms with Gasteiger partial charge in [0.15, 0.2) is 6.10 Å². The molecule has 84 heavy (non-hydrogen) atoms. The number of carbonyl (C=O) groups excluding carboxylic acids is 2. The molecule has 0 radical (unpaired) electrons. The summed E-state index contributed by atoms with van der Waals surface area (Å²) < 4.78 is 34.3.